The summed E-state index contributed by atoms with van der Waals surface area (Å²) in [6, 6.07) is 7.53. The zero-order valence-electron chi connectivity index (χ0n) is 11.1. The van der Waals surface area contributed by atoms with E-state index in [2.05, 4.69) is 10.3 Å². The van der Waals surface area contributed by atoms with Gasteiger partial charge in [-0.15, -0.1) is 5.10 Å². The molecule has 2 rings (SSSR count). The minimum absolute atomic E-state index is 0.0648. The number of anilines is 1. The summed E-state index contributed by atoms with van der Waals surface area (Å²) in [5.74, 6) is -1.38. The molecule has 0 atom stereocenters. The van der Waals surface area contributed by atoms with Crippen molar-refractivity contribution < 1.29 is 14.7 Å². The second-order valence-electron chi connectivity index (χ2n) is 4.40. The molecule has 0 aliphatic rings. The van der Waals surface area contributed by atoms with E-state index in [-0.39, 0.29) is 18.1 Å². The number of aryl methyl sites for hydroxylation is 1. The topological polar surface area (TPSA) is 88.3 Å². The van der Waals surface area contributed by atoms with Gasteiger partial charge in [-0.25, -0.2) is 9.48 Å². The fourth-order valence-electron chi connectivity index (χ4n) is 1.70. The van der Waals surface area contributed by atoms with E-state index in [0.29, 0.717) is 0 Å². The van der Waals surface area contributed by atoms with Gasteiger partial charge in [-0.1, -0.05) is 17.3 Å². The van der Waals surface area contributed by atoms with Crippen molar-refractivity contribution in [3.8, 4) is 0 Å². The molecule has 7 heteroatoms. The molecule has 0 aliphatic carbocycles. The number of aromatic carboxylic acids is 1. The van der Waals surface area contributed by atoms with E-state index in [1.54, 1.807) is 7.05 Å². The molecule has 1 aromatic carbocycles. The minimum Gasteiger partial charge on any atom is -0.476 e. The summed E-state index contributed by atoms with van der Waals surface area (Å²) in [5, 5.41) is 15.8. The summed E-state index contributed by atoms with van der Waals surface area (Å²) < 4.78 is 1.21. The molecule has 2 aromatic rings. The van der Waals surface area contributed by atoms with Gasteiger partial charge in [0.2, 0.25) is 5.91 Å². The highest BCUT2D eigenvalue weighted by atomic mass is 16.4. The molecule has 0 bridgehead atoms. The molecule has 20 heavy (non-hydrogen) atoms. The number of carboxylic acid groups (broad SMARTS) is 1. The number of benzene rings is 1. The van der Waals surface area contributed by atoms with Crippen LogP contribution >= 0.6 is 0 Å². The van der Waals surface area contributed by atoms with Crippen LogP contribution in [0.15, 0.2) is 30.5 Å². The Balaban J connectivity index is 2.09. The first kappa shape index (κ1) is 13.7. The average Bonchev–Trinajstić information content (AvgIpc) is 2.86. The number of hydrogen-bond acceptors (Lipinski definition) is 4. The van der Waals surface area contributed by atoms with E-state index >= 15 is 0 Å². The van der Waals surface area contributed by atoms with Gasteiger partial charge in [0.1, 0.15) is 6.54 Å². The number of nitrogens with zero attached hydrogens (tertiary/aromatic N) is 4. The van der Waals surface area contributed by atoms with Gasteiger partial charge in [0.05, 0.1) is 6.20 Å². The van der Waals surface area contributed by atoms with Crippen molar-refractivity contribution in [1.82, 2.24) is 15.0 Å². The standard InChI is InChI=1S/C13H14N4O3/c1-9-4-3-5-10(6-9)16(2)12(18)8-17-7-11(13(19)20)14-15-17/h3-7H,8H2,1-2H3,(H,19,20). The smallest absolute Gasteiger partial charge is 0.358 e. The summed E-state index contributed by atoms with van der Waals surface area (Å²) in [5.41, 5.74) is 1.64. The molecule has 104 valence electrons. The van der Waals surface area contributed by atoms with Crippen LogP contribution in [0.5, 0.6) is 0 Å². The molecule has 1 N–H and O–H groups in total. The Hall–Kier alpha value is -2.70. The van der Waals surface area contributed by atoms with E-state index in [1.165, 1.54) is 15.8 Å². The number of aromatic nitrogens is 3. The van der Waals surface area contributed by atoms with Crippen LogP contribution in [-0.4, -0.2) is 39.0 Å². The van der Waals surface area contributed by atoms with Crippen LogP contribution in [0.3, 0.4) is 0 Å². The fraction of sp³-hybridized carbons (Fsp3) is 0.231. The maximum Gasteiger partial charge on any atom is 0.358 e. The molecule has 0 saturated heterocycles. The maximum atomic E-state index is 12.1. The number of carboxylic acids is 1. The first-order chi connectivity index (χ1) is 9.47. The van der Waals surface area contributed by atoms with Gasteiger partial charge < -0.3 is 10.0 Å². The van der Waals surface area contributed by atoms with Crippen molar-refractivity contribution in [3.63, 3.8) is 0 Å². The van der Waals surface area contributed by atoms with Crippen molar-refractivity contribution in [2.24, 2.45) is 0 Å². The number of amides is 1. The number of rotatable bonds is 4. The first-order valence-corrected chi connectivity index (χ1v) is 5.94. The SMILES string of the molecule is Cc1cccc(N(C)C(=O)Cn2cc(C(=O)O)nn2)c1. The van der Waals surface area contributed by atoms with Crippen LogP contribution in [0.25, 0.3) is 0 Å². The zero-order valence-corrected chi connectivity index (χ0v) is 11.1. The highest BCUT2D eigenvalue weighted by molar-refractivity contribution is 5.92. The van der Waals surface area contributed by atoms with E-state index < -0.39 is 5.97 Å². The monoisotopic (exact) mass is 274 g/mol. The summed E-state index contributed by atoms with van der Waals surface area (Å²) >= 11 is 0. The van der Waals surface area contributed by atoms with Crippen LogP contribution in [-0.2, 0) is 11.3 Å². The number of likely N-dealkylation sites (N-methyl/N-ethyl adjacent to an activating group) is 1. The lowest BCUT2D eigenvalue weighted by Gasteiger charge is -2.17. The van der Waals surface area contributed by atoms with Crippen LogP contribution in [0.1, 0.15) is 16.1 Å². The van der Waals surface area contributed by atoms with E-state index in [4.69, 9.17) is 5.11 Å². The lowest BCUT2D eigenvalue weighted by molar-refractivity contribution is -0.119. The van der Waals surface area contributed by atoms with Crippen LogP contribution in [0.4, 0.5) is 5.69 Å². The largest absolute Gasteiger partial charge is 0.476 e. The Bertz CT molecular complexity index is 651. The van der Waals surface area contributed by atoms with E-state index in [0.717, 1.165) is 11.3 Å². The zero-order chi connectivity index (χ0) is 14.7. The summed E-state index contributed by atoms with van der Waals surface area (Å²) in [6.07, 6.45) is 1.23. The Morgan fingerprint density at radius 3 is 2.75 bits per heavy atom. The predicted octanol–water partition coefficient (Wildman–Crippen LogP) is 0.948. The van der Waals surface area contributed by atoms with Crippen molar-refractivity contribution >= 4 is 17.6 Å². The molecular weight excluding hydrogens is 260 g/mol. The Kier molecular flexibility index (Phi) is 3.79. The molecule has 1 amide bonds. The van der Waals surface area contributed by atoms with Crippen LogP contribution in [0.2, 0.25) is 0 Å². The van der Waals surface area contributed by atoms with Gasteiger partial charge >= 0.3 is 5.97 Å². The third kappa shape index (κ3) is 3.00. The maximum absolute atomic E-state index is 12.1. The van der Waals surface area contributed by atoms with E-state index in [1.807, 2.05) is 31.2 Å². The molecule has 1 aromatic heterocycles. The minimum atomic E-state index is -1.17. The van der Waals surface area contributed by atoms with Crippen molar-refractivity contribution in [2.45, 2.75) is 13.5 Å². The molecule has 0 radical (unpaired) electrons. The second-order valence-corrected chi connectivity index (χ2v) is 4.40. The highest BCUT2D eigenvalue weighted by Gasteiger charge is 2.14. The molecule has 7 nitrogen and oxygen atoms in total. The van der Waals surface area contributed by atoms with Crippen molar-refractivity contribution in [2.75, 3.05) is 11.9 Å². The number of carbonyl (C=O) groups excluding carboxylic acids is 1. The van der Waals surface area contributed by atoms with Crippen molar-refractivity contribution in [3.05, 3.63) is 41.7 Å². The van der Waals surface area contributed by atoms with Gasteiger partial charge in [-0.2, -0.15) is 0 Å². The van der Waals surface area contributed by atoms with Crippen molar-refractivity contribution in [1.29, 1.82) is 0 Å². The first-order valence-electron chi connectivity index (χ1n) is 5.94. The predicted molar refractivity (Wildman–Crippen MR) is 71.6 cm³/mol. The fourth-order valence-corrected chi connectivity index (χ4v) is 1.70. The lowest BCUT2D eigenvalue weighted by atomic mass is 10.2. The van der Waals surface area contributed by atoms with Crippen LogP contribution in [0, 0.1) is 6.92 Å². The summed E-state index contributed by atoms with van der Waals surface area (Å²) in [4.78, 5) is 24.3. The Morgan fingerprint density at radius 1 is 1.40 bits per heavy atom. The number of hydrogen-bond donors (Lipinski definition) is 1. The average molecular weight is 274 g/mol. The van der Waals surface area contributed by atoms with Gasteiger partial charge in [0, 0.05) is 12.7 Å². The lowest BCUT2D eigenvalue weighted by Crippen LogP contribution is -2.30. The van der Waals surface area contributed by atoms with E-state index in [9.17, 15) is 9.59 Å². The second kappa shape index (κ2) is 5.52. The van der Waals surface area contributed by atoms with Gasteiger partial charge in [0.15, 0.2) is 5.69 Å². The highest BCUT2D eigenvalue weighted by Crippen LogP contribution is 2.14. The molecular formula is C13H14N4O3. The molecule has 0 aliphatic heterocycles. The normalized spacial score (nSPS) is 10.3. The quantitative estimate of drug-likeness (QED) is 0.896. The molecule has 0 fully saturated rings. The van der Waals surface area contributed by atoms with Gasteiger partial charge in [-0.05, 0) is 24.6 Å². The summed E-state index contributed by atoms with van der Waals surface area (Å²) in [7, 11) is 1.66. The third-order valence-corrected chi connectivity index (χ3v) is 2.82. The summed E-state index contributed by atoms with van der Waals surface area (Å²) in [6.45, 7) is 1.88. The molecule has 0 saturated carbocycles. The molecule has 0 spiro atoms. The number of carbonyl (C=O) groups is 2. The van der Waals surface area contributed by atoms with Crippen LogP contribution < -0.4 is 4.90 Å². The molecule has 1 heterocycles. The van der Waals surface area contributed by atoms with Gasteiger partial charge in [-0.3, -0.25) is 4.79 Å². The van der Waals surface area contributed by atoms with Gasteiger partial charge in [0.25, 0.3) is 0 Å². The third-order valence-electron chi connectivity index (χ3n) is 2.82. The molecule has 0 unspecified atom stereocenters. The Labute approximate surface area is 115 Å². The Morgan fingerprint density at radius 2 is 2.15 bits per heavy atom.